The quantitative estimate of drug-likeness (QED) is 0.380. The van der Waals surface area contributed by atoms with E-state index in [2.05, 4.69) is 0 Å². The molecule has 0 aliphatic heterocycles. The highest BCUT2D eigenvalue weighted by Crippen LogP contribution is 2.33. The van der Waals surface area contributed by atoms with Crippen LogP contribution in [0.1, 0.15) is 15.9 Å². The van der Waals surface area contributed by atoms with Crippen molar-refractivity contribution in [2.24, 2.45) is 0 Å². The topological polar surface area (TPSA) is 110 Å². The first-order valence-corrected chi connectivity index (χ1v) is 6.49. The van der Waals surface area contributed by atoms with E-state index in [1.807, 2.05) is 0 Å². The molecule has 7 heteroatoms. The van der Waals surface area contributed by atoms with Gasteiger partial charge in [0, 0.05) is 24.3 Å². The molecule has 0 atom stereocenters. The standard InChI is InChI=1S/C16H13NO6/c1-23-15-9-12(18)8-14(20)16(15)13(19)6-5-10-3-2-4-11(7-10)17(21)22/h2-9,18,20H,1H3/b6-5+. The molecule has 0 fully saturated rings. The summed E-state index contributed by atoms with van der Waals surface area (Å²) in [6, 6.07) is 7.99. The van der Waals surface area contributed by atoms with Gasteiger partial charge in [0.1, 0.15) is 22.8 Å². The number of hydrogen-bond acceptors (Lipinski definition) is 6. The van der Waals surface area contributed by atoms with Crippen molar-refractivity contribution in [1.29, 1.82) is 0 Å². The van der Waals surface area contributed by atoms with Crippen molar-refractivity contribution < 1.29 is 24.7 Å². The van der Waals surface area contributed by atoms with E-state index in [0.717, 1.165) is 12.1 Å². The van der Waals surface area contributed by atoms with E-state index in [1.54, 1.807) is 6.07 Å². The summed E-state index contributed by atoms with van der Waals surface area (Å²) in [7, 11) is 1.30. The van der Waals surface area contributed by atoms with Gasteiger partial charge in [-0.05, 0) is 11.6 Å². The molecule has 0 saturated carbocycles. The first-order chi connectivity index (χ1) is 10.9. The zero-order chi connectivity index (χ0) is 17.0. The summed E-state index contributed by atoms with van der Waals surface area (Å²) in [5, 5.41) is 29.9. The Morgan fingerprint density at radius 2 is 2.00 bits per heavy atom. The summed E-state index contributed by atoms with van der Waals surface area (Å²) in [4.78, 5) is 22.4. The number of hydrogen-bond donors (Lipinski definition) is 2. The largest absolute Gasteiger partial charge is 0.508 e. The number of nitrogens with zero attached hydrogens (tertiary/aromatic N) is 1. The fourth-order valence-electron chi connectivity index (χ4n) is 1.99. The van der Waals surface area contributed by atoms with Crippen LogP contribution in [-0.4, -0.2) is 28.0 Å². The molecular formula is C16H13NO6. The molecule has 2 rings (SSSR count). The van der Waals surface area contributed by atoms with E-state index in [1.165, 1.54) is 37.5 Å². The summed E-state index contributed by atoms with van der Waals surface area (Å²) < 4.78 is 4.97. The Balaban J connectivity index is 2.32. The average Bonchev–Trinajstić information content (AvgIpc) is 2.52. The maximum absolute atomic E-state index is 12.2. The van der Waals surface area contributed by atoms with Gasteiger partial charge >= 0.3 is 0 Å². The lowest BCUT2D eigenvalue weighted by Crippen LogP contribution is -1.99. The molecule has 0 radical (unpaired) electrons. The normalized spacial score (nSPS) is 10.7. The fraction of sp³-hybridized carbons (Fsp3) is 0.0625. The summed E-state index contributed by atoms with van der Waals surface area (Å²) in [6.07, 6.45) is 2.55. The smallest absolute Gasteiger partial charge is 0.270 e. The molecule has 0 aliphatic carbocycles. The number of ether oxygens (including phenoxy) is 1. The third kappa shape index (κ3) is 3.65. The molecule has 0 unspecified atom stereocenters. The summed E-state index contributed by atoms with van der Waals surface area (Å²) in [5.41, 5.74) is 0.265. The molecule has 23 heavy (non-hydrogen) atoms. The maximum atomic E-state index is 12.2. The van der Waals surface area contributed by atoms with Crippen LogP contribution in [0.2, 0.25) is 0 Å². The Hall–Kier alpha value is -3.35. The van der Waals surface area contributed by atoms with Gasteiger partial charge in [-0.3, -0.25) is 14.9 Å². The van der Waals surface area contributed by atoms with E-state index in [-0.39, 0.29) is 22.7 Å². The number of allylic oxidation sites excluding steroid dienone is 1. The molecule has 0 aromatic heterocycles. The predicted molar refractivity (Wildman–Crippen MR) is 82.8 cm³/mol. The van der Waals surface area contributed by atoms with E-state index < -0.39 is 16.5 Å². The van der Waals surface area contributed by atoms with Crippen LogP contribution in [0, 0.1) is 10.1 Å². The molecule has 0 amide bonds. The highest BCUT2D eigenvalue weighted by Gasteiger charge is 2.16. The van der Waals surface area contributed by atoms with Gasteiger partial charge in [-0.15, -0.1) is 0 Å². The van der Waals surface area contributed by atoms with E-state index in [9.17, 15) is 25.1 Å². The van der Waals surface area contributed by atoms with E-state index >= 15 is 0 Å². The van der Waals surface area contributed by atoms with Crippen molar-refractivity contribution in [2.75, 3.05) is 7.11 Å². The van der Waals surface area contributed by atoms with Crippen LogP contribution in [0.3, 0.4) is 0 Å². The van der Waals surface area contributed by atoms with E-state index in [0.29, 0.717) is 5.56 Å². The van der Waals surface area contributed by atoms with Gasteiger partial charge in [0.05, 0.1) is 12.0 Å². The molecule has 118 valence electrons. The number of nitro benzene ring substituents is 1. The van der Waals surface area contributed by atoms with Crippen LogP contribution in [0.15, 0.2) is 42.5 Å². The van der Waals surface area contributed by atoms with Crippen LogP contribution in [0.4, 0.5) is 5.69 Å². The molecule has 2 aromatic rings. The van der Waals surface area contributed by atoms with Crippen LogP contribution in [0.5, 0.6) is 17.2 Å². The lowest BCUT2D eigenvalue weighted by molar-refractivity contribution is -0.384. The second-order valence-electron chi connectivity index (χ2n) is 4.59. The number of methoxy groups -OCH3 is 1. The van der Waals surface area contributed by atoms with Crippen LogP contribution >= 0.6 is 0 Å². The van der Waals surface area contributed by atoms with Crippen molar-refractivity contribution in [3.63, 3.8) is 0 Å². The predicted octanol–water partition coefficient (Wildman–Crippen LogP) is 2.91. The number of carbonyl (C=O) groups is 1. The van der Waals surface area contributed by atoms with Gasteiger partial charge in [0.2, 0.25) is 0 Å². The third-order valence-electron chi connectivity index (χ3n) is 3.04. The SMILES string of the molecule is COc1cc(O)cc(O)c1C(=O)/C=C/c1cccc([N+](=O)[O-])c1. The second-order valence-corrected chi connectivity index (χ2v) is 4.59. The summed E-state index contributed by atoms with van der Waals surface area (Å²) >= 11 is 0. The third-order valence-corrected chi connectivity index (χ3v) is 3.04. The number of aromatic hydroxyl groups is 2. The maximum Gasteiger partial charge on any atom is 0.270 e. The molecule has 0 aliphatic rings. The van der Waals surface area contributed by atoms with Crippen LogP contribution in [0.25, 0.3) is 6.08 Å². The first-order valence-electron chi connectivity index (χ1n) is 6.49. The van der Waals surface area contributed by atoms with Gasteiger partial charge in [-0.25, -0.2) is 0 Å². The van der Waals surface area contributed by atoms with Crippen molar-refractivity contribution in [3.8, 4) is 17.2 Å². The average molecular weight is 315 g/mol. The minimum Gasteiger partial charge on any atom is -0.508 e. The zero-order valence-corrected chi connectivity index (χ0v) is 12.1. The molecule has 7 nitrogen and oxygen atoms in total. The number of phenolic OH excluding ortho intramolecular Hbond substituents is 2. The van der Waals surface area contributed by atoms with Gasteiger partial charge in [-0.2, -0.15) is 0 Å². The number of carbonyl (C=O) groups excluding carboxylic acids is 1. The molecule has 2 aromatic carbocycles. The van der Waals surface area contributed by atoms with Crippen molar-refractivity contribution in [3.05, 3.63) is 63.7 Å². The number of ketones is 1. The Morgan fingerprint density at radius 1 is 1.26 bits per heavy atom. The van der Waals surface area contributed by atoms with Gasteiger partial charge in [-0.1, -0.05) is 18.2 Å². The minimum absolute atomic E-state index is 0.0243. The monoisotopic (exact) mass is 315 g/mol. The number of rotatable bonds is 5. The molecule has 0 bridgehead atoms. The van der Waals surface area contributed by atoms with Gasteiger partial charge in [0.15, 0.2) is 5.78 Å². The highest BCUT2D eigenvalue weighted by atomic mass is 16.6. The fourth-order valence-corrected chi connectivity index (χ4v) is 1.99. The Bertz CT molecular complexity index is 797. The Morgan fingerprint density at radius 3 is 2.65 bits per heavy atom. The first kappa shape index (κ1) is 16.0. The van der Waals surface area contributed by atoms with Gasteiger partial charge < -0.3 is 14.9 Å². The van der Waals surface area contributed by atoms with Crippen molar-refractivity contribution in [2.45, 2.75) is 0 Å². The lowest BCUT2D eigenvalue weighted by Gasteiger charge is -2.08. The summed E-state index contributed by atoms with van der Waals surface area (Å²) in [6.45, 7) is 0. The molecule has 0 heterocycles. The number of phenols is 2. The zero-order valence-electron chi connectivity index (χ0n) is 12.1. The minimum atomic E-state index is -0.564. The van der Waals surface area contributed by atoms with Gasteiger partial charge in [0.25, 0.3) is 5.69 Å². The number of non-ortho nitro benzene ring substituents is 1. The lowest BCUT2D eigenvalue weighted by atomic mass is 10.1. The Kier molecular flexibility index (Phi) is 4.61. The number of nitro groups is 1. The van der Waals surface area contributed by atoms with Crippen molar-refractivity contribution in [1.82, 2.24) is 0 Å². The van der Waals surface area contributed by atoms with Crippen molar-refractivity contribution >= 4 is 17.5 Å². The Labute approximate surface area is 131 Å². The van der Waals surface area contributed by atoms with Crippen LogP contribution in [-0.2, 0) is 0 Å². The second kappa shape index (κ2) is 6.61. The van der Waals surface area contributed by atoms with E-state index in [4.69, 9.17) is 4.74 Å². The number of benzene rings is 2. The molecule has 0 spiro atoms. The van der Waals surface area contributed by atoms with Crippen LogP contribution < -0.4 is 4.74 Å². The summed E-state index contributed by atoms with van der Waals surface area (Å²) in [5.74, 6) is -1.20. The molecule has 0 saturated heterocycles. The molecular weight excluding hydrogens is 302 g/mol. The highest BCUT2D eigenvalue weighted by molar-refractivity contribution is 6.10. The molecule has 2 N–H and O–H groups in total.